The summed E-state index contributed by atoms with van der Waals surface area (Å²) in [6.45, 7) is 6.80. The highest BCUT2D eigenvalue weighted by Gasteiger charge is 2.21. The standard InChI is InChI=1S/C13H24FN3/c1-9(16-3)12(7-15)10(2)17-8-13(14)11-5-4-6-11/h5,10,12-13,16-17H,1,4,6-8,15H2,2-3H3. The Hall–Kier alpha value is -0.870. The van der Waals surface area contributed by atoms with E-state index < -0.39 is 6.17 Å². The Bertz CT molecular complexity index is 288. The van der Waals surface area contributed by atoms with Crippen LogP contribution in [0.2, 0.25) is 0 Å². The van der Waals surface area contributed by atoms with Crippen molar-refractivity contribution < 1.29 is 4.39 Å². The van der Waals surface area contributed by atoms with Gasteiger partial charge in [0.15, 0.2) is 0 Å². The van der Waals surface area contributed by atoms with Crippen LogP contribution in [0.3, 0.4) is 0 Å². The van der Waals surface area contributed by atoms with E-state index in [0.29, 0.717) is 13.1 Å². The van der Waals surface area contributed by atoms with Crippen molar-refractivity contribution in [3.63, 3.8) is 0 Å². The second-order valence-electron chi connectivity index (χ2n) is 4.60. The van der Waals surface area contributed by atoms with E-state index in [1.165, 1.54) is 0 Å². The van der Waals surface area contributed by atoms with E-state index in [1.807, 2.05) is 20.0 Å². The molecule has 0 amide bonds. The van der Waals surface area contributed by atoms with Gasteiger partial charge in [-0.3, -0.25) is 0 Å². The zero-order chi connectivity index (χ0) is 12.8. The Kier molecular flexibility index (Phi) is 5.65. The van der Waals surface area contributed by atoms with Crippen LogP contribution in [0.15, 0.2) is 23.9 Å². The fourth-order valence-electron chi connectivity index (χ4n) is 1.99. The number of rotatable bonds is 8. The maximum absolute atomic E-state index is 13.7. The van der Waals surface area contributed by atoms with Crippen LogP contribution in [-0.2, 0) is 0 Å². The minimum Gasteiger partial charge on any atom is -0.392 e. The molecule has 1 rings (SSSR count). The SMILES string of the molecule is C=C(NC)C(CN)C(C)NCC(F)C1=CCC1. The molecule has 4 heteroatoms. The summed E-state index contributed by atoms with van der Waals surface area (Å²) in [5, 5.41) is 6.21. The summed E-state index contributed by atoms with van der Waals surface area (Å²) in [5.74, 6) is 0.127. The van der Waals surface area contributed by atoms with Gasteiger partial charge in [-0.15, -0.1) is 0 Å². The van der Waals surface area contributed by atoms with Crippen LogP contribution in [0.1, 0.15) is 19.8 Å². The number of alkyl halides is 1. The molecule has 0 aromatic heterocycles. The molecule has 17 heavy (non-hydrogen) atoms. The van der Waals surface area contributed by atoms with Crippen molar-refractivity contribution in [3.05, 3.63) is 23.9 Å². The monoisotopic (exact) mass is 241 g/mol. The zero-order valence-electron chi connectivity index (χ0n) is 10.8. The van der Waals surface area contributed by atoms with Crippen LogP contribution in [0, 0.1) is 5.92 Å². The van der Waals surface area contributed by atoms with E-state index in [9.17, 15) is 4.39 Å². The van der Waals surface area contributed by atoms with Crippen molar-refractivity contribution in [3.8, 4) is 0 Å². The van der Waals surface area contributed by atoms with Crippen molar-refractivity contribution in [2.45, 2.75) is 32.0 Å². The van der Waals surface area contributed by atoms with E-state index in [2.05, 4.69) is 17.2 Å². The molecule has 0 aliphatic heterocycles. The molecule has 98 valence electrons. The van der Waals surface area contributed by atoms with Gasteiger partial charge in [-0.25, -0.2) is 4.39 Å². The molecule has 0 saturated heterocycles. The lowest BCUT2D eigenvalue weighted by atomic mass is 9.93. The minimum absolute atomic E-state index is 0.124. The van der Waals surface area contributed by atoms with Crippen LogP contribution >= 0.6 is 0 Å². The first-order chi connectivity index (χ1) is 8.10. The Morgan fingerprint density at radius 3 is 2.71 bits per heavy atom. The van der Waals surface area contributed by atoms with Gasteiger partial charge in [0.05, 0.1) is 0 Å². The topological polar surface area (TPSA) is 50.1 Å². The molecule has 0 bridgehead atoms. The summed E-state index contributed by atoms with van der Waals surface area (Å²) in [6.07, 6.45) is 3.05. The van der Waals surface area contributed by atoms with E-state index in [4.69, 9.17) is 5.73 Å². The van der Waals surface area contributed by atoms with Gasteiger partial charge < -0.3 is 16.4 Å². The molecular weight excluding hydrogens is 217 g/mol. The van der Waals surface area contributed by atoms with Gasteiger partial charge in [0.1, 0.15) is 6.17 Å². The third-order valence-electron chi connectivity index (χ3n) is 3.49. The minimum atomic E-state index is -0.854. The van der Waals surface area contributed by atoms with Crippen LogP contribution in [0.5, 0.6) is 0 Å². The smallest absolute Gasteiger partial charge is 0.134 e. The Balaban J connectivity index is 2.36. The van der Waals surface area contributed by atoms with E-state index in [0.717, 1.165) is 24.1 Å². The van der Waals surface area contributed by atoms with Crippen LogP contribution in [0.25, 0.3) is 0 Å². The molecule has 0 saturated carbocycles. The lowest BCUT2D eigenvalue weighted by molar-refractivity contribution is 0.315. The van der Waals surface area contributed by atoms with Crippen LogP contribution in [-0.4, -0.2) is 32.4 Å². The summed E-state index contributed by atoms with van der Waals surface area (Å²) < 4.78 is 13.7. The first kappa shape index (κ1) is 14.2. The third-order valence-corrected chi connectivity index (χ3v) is 3.49. The van der Waals surface area contributed by atoms with Gasteiger partial charge in [-0.05, 0) is 25.3 Å². The summed E-state index contributed by atoms with van der Waals surface area (Å²) >= 11 is 0. The van der Waals surface area contributed by atoms with Crippen molar-refractivity contribution in [1.29, 1.82) is 0 Å². The average Bonchev–Trinajstić information content (AvgIpc) is 2.24. The Morgan fingerprint density at radius 2 is 2.29 bits per heavy atom. The van der Waals surface area contributed by atoms with Gasteiger partial charge in [-0.1, -0.05) is 12.7 Å². The quantitative estimate of drug-likeness (QED) is 0.562. The molecule has 3 unspecified atom stereocenters. The molecule has 0 fully saturated rings. The molecule has 0 aromatic carbocycles. The molecule has 0 heterocycles. The largest absolute Gasteiger partial charge is 0.392 e. The van der Waals surface area contributed by atoms with Gasteiger partial charge >= 0.3 is 0 Å². The van der Waals surface area contributed by atoms with Crippen LogP contribution < -0.4 is 16.4 Å². The lowest BCUT2D eigenvalue weighted by Gasteiger charge is -2.27. The predicted molar refractivity (Wildman–Crippen MR) is 70.4 cm³/mol. The molecule has 0 radical (unpaired) electrons. The Labute approximate surface area is 103 Å². The first-order valence-electron chi connectivity index (χ1n) is 6.23. The second-order valence-corrected chi connectivity index (χ2v) is 4.60. The maximum atomic E-state index is 13.7. The first-order valence-corrected chi connectivity index (χ1v) is 6.23. The summed E-state index contributed by atoms with van der Waals surface area (Å²) in [7, 11) is 1.83. The molecule has 0 aromatic rings. The fourth-order valence-corrected chi connectivity index (χ4v) is 1.99. The molecule has 3 atom stereocenters. The number of halogens is 1. The number of allylic oxidation sites excluding steroid dienone is 1. The van der Waals surface area contributed by atoms with Gasteiger partial charge in [0.25, 0.3) is 0 Å². The third kappa shape index (κ3) is 3.82. The molecule has 4 N–H and O–H groups in total. The van der Waals surface area contributed by atoms with Crippen molar-refractivity contribution in [2.75, 3.05) is 20.1 Å². The van der Waals surface area contributed by atoms with Crippen molar-refractivity contribution >= 4 is 0 Å². The highest BCUT2D eigenvalue weighted by Crippen LogP contribution is 2.23. The lowest BCUT2D eigenvalue weighted by Crippen LogP contribution is -2.43. The van der Waals surface area contributed by atoms with E-state index in [-0.39, 0.29) is 12.0 Å². The Morgan fingerprint density at radius 1 is 1.65 bits per heavy atom. The molecular formula is C13H24FN3. The second kappa shape index (κ2) is 6.77. The highest BCUT2D eigenvalue weighted by molar-refractivity contribution is 5.17. The molecule has 3 nitrogen and oxygen atoms in total. The summed E-state index contributed by atoms with van der Waals surface area (Å²) in [6, 6.07) is 0.124. The van der Waals surface area contributed by atoms with E-state index in [1.54, 1.807) is 0 Å². The summed E-state index contributed by atoms with van der Waals surface area (Å²) in [4.78, 5) is 0. The highest BCUT2D eigenvalue weighted by atomic mass is 19.1. The summed E-state index contributed by atoms with van der Waals surface area (Å²) in [5.41, 5.74) is 7.53. The molecule has 1 aliphatic carbocycles. The number of hydrogen-bond donors (Lipinski definition) is 3. The molecule has 0 spiro atoms. The van der Waals surface area contributed by atoms with Crippen molar-refractivity contribution in [1.82, 2.24) is 10.6 Å². The predicted octanol–water partition coefficient (Wildman–Crippen LogP) is 1.33. The molecule has 1 aliphatic rings. The average molecular weight is 241 g/mol. The maximum Gasteiger partial charge on any atom is 0.134 e. The van der Waals surface area contributed by atoms with Crippen LogP contribution in [0.4, 0.5) is 4.39 Å². The number of nitrogens with one attached hydrogen (secondary N) is 2. The van der Waals surface area contributed by atoms with Crippen molar-refractivity contribution in [2.24, 2.45) is 11.7 Å². The number of hydrogen-bond acceptors (Lipinski definition) is 3. The van der Waals surface area contributed by atoms with Gasteiger partial charge in [-0.2, -0.15) is 0 Å². The van der Waals surface area contributed by atoms with Gasteiger partial charge in [0, 0.05) is 37.8 Å². The van der Waals surface area contributed by atoms with E-state index >= 15 is 0 Å². The number of nitrogens with two attached hydrogens (primary N) is 1. The normalized spacial score (nSPS) is 19.9. The zero-order valence-corrected chi connectivity index (χ0v) is 10.8. The van der Waals surface area contributed by atoms with Gasteiger partial charge in [0.2, 0.25) is 0 Å². The fraction of sp³-hybridized carbons (Fsp3) is 0.692.